The summed E-state index contributed by atoms with van der Waals surface area (Å²) in [6.45, 7) is 7.34. The molecule has 0 aromatic heterocycles. The number of carbonyl (C=O) groups excluding carboxylic acids is 2. The molecule has 1 aliphatic rings. The van der Waals surface area contributed by atoms with Gasteiger partial charge in [0, 0.05) is 12.6 Å². The summed E-state index contributed by atoms with van der Waals surface area (Å²) in [5.74, 6) is -1.52. The van der Waals surface area contributed by atoms with Crippen molar-refractivity contribution in [3.63, 3.8) is 0 Å². The molecule has 1 heterocycles. The van der Waals surface area contributed by atoms with E-state index in [1.54, 1.807) is 13.8 Å². The second kappa shape index (κ2) is 8.85. The Bertz CT molecular complexity index is 638. The van der Waals surface area contributed by atoms with Crippen LogP contribution in [0.2, 0.25) is 0 Å². The van der Waals surface area contributed by atoms with Crippen LogP contribution in [0.1, 0.15) is 46.1 Å². The summed E-state index contributed by atoms with van der Waals surface area (Å²) in [4.78, 5) is 27.1. The molecular formula is C21H31NO5. The van der Waals surface area contributed by atoms with Crippen molar-refractivity contribution < 1.29 is 24.2 Å². The molecule has 1 aliphatic heterocycles. The highest BCUT2D eigenvalue weighted by Gasteiger charge is 2.49. The Morgan fingerprint density at radius 3 is 2.37 bits per heavy atom. The van der Waals surface area contributed by atoms with Crippen LogP contribution in [0.3, 0.4) is 0 Å². The lowest BCUT2D eigenvalue weighted by molar-refractivity contribution is -0.162. The van der Waals surface area contributed by atoms with Gasteiger partial charge in [-0.15, -0.1) is 0 Å². The van der Waals surface area contributed by atoms with Crippen molar-refractivity contribution in [2.45, 2.75) is 70.9 Å². The van der Waals surface area contributed by atoms with Gasteiger partial charge in [-0.05, 0) is 46.1 Å². The molecule has 1 N–H and O–H groups in total. The van der Waals surface area contributed by atoms with Gasteiger partial charge in [0.15, 0.2) is 0 Å². The summed E-state index contributed by atoms with van der Waals surface area (Å²) < 4.78 is 10.4. The maximum Gasteiger partial charge on any atom is 0.323 e. The molecule has 0 amide bonds. The average Bonchev–Trinajstić information content (AvgIpc) is 2.97. The molecule has 0 aliphatic carbocycles. The van der Waals surface area contributed by atoms with Crippen LogP contribution in [0.25, 0.3) is 0 Å². The number of rotatable bonds is 7. The molecule has 6 nitrogen and oxygen atoms in total. The van der Waals surface area contributed by atoms with Gasteiger partial charge in [0.2, 0.25) is 0 Å². The van der Waals surface area contributed by atoms with E-state index >= 15 is 0 Å². The molecule has 2 rings (SSSR count). The second-order valence-corrected chi connectivity index (χ2v) is 7.96. The van der Waals surface area contributed by atoms with E-state index in [1.165, 1.54) is 7.11 Å². The van der Waals surface area contributed by atoms with E-state index in [4.69, 9.17) is 9.47 Å². The van der Waals surface area contributed by atoms with Crippen molar-refractivity contribution >= 4 is 11.9 Å². The number of aliphatic hydroxyl groups is 1. The lowest BCUT2D eigenvalue weighted by Gasteiger charge is -2.38. The Morgan fingerprint density at radius 1 is 1.22 bits per heavy atom. The van der Waals surface area contributed by atoms with Crippen LogP contribution in [0.15, 0.2) is 30.3 Å². The first-order valence-corrected chi connectivity index (χ1v) is 9.45. The minimum absolute atomic E-state index is 0.208. The van der Waals surface area contributed by atoms with Crippen LogP contribution in [0.4, 0.5) is 0 Å². The standard InChI is InChI=1S/C21H31NO5/c1-14(2)27-19(23)17-12-11-16(18(20(24)26-5)21(3,4)25)22(17)13-15-9-7-6-8-10-15/h6-10,14,16-18,25H,11-13H2,1-5H3/t16-,17+,18-/m1/s1. The van der Waals surface area contributed by atoms with Gasteiger partial charge in [-0.2, -0.15) is 0 Å². The highest BCUT2D eigenvalue weighted by molar-refractivity contribution is 5.78. The Hall–Kier alpha value is -1.92. The highest BCUT2D eigenvalue weighted by atomic mass is 16.5. The van der Waals surface area contributed by atoms with Crippen molar-refractivity contribution in [1.29, 1.82) is 0 Å². The molecule has 1 aromatic rings. The molecule has 6 heteroatoms. The normalized spacial score (nSPS) is 21.9. The van der Waals surface area contributed by atoms with Gasteiger partial charge < -0.3 is 14.6 Å². The van der Waals surface area contributed by atoms with E-state index in [-0.39, 0.29) is 18.1 Å². The topological polar surface area (TPSA) is 76.1 Å². The number of ether oxygens (including phenoxy) is 2. The quantitative estimate of drug-likeness (QED) is 0.736. The lowest BCUT2D eigenvalue weighted by Crippen LogP contribution is -2.52. The molecule has 3 atom stereocenters. The van der Waals surface area contributed by atoms with Crippen LogP contribution >= 0.6 is 0 Å². The van der Waals surface area contributed by atoms with Crippen molar-refractivity contribution in [3.05, 3.63) is 35.9 Å². The van der Waals surface area contributed by atoms with Crippen molar-refractivity contribution in [2.75, 3.05) is 7.11 Å². The fourth-order valence-electron chi connectivity index (χ4n) is 3.88. The summed E-state index contributed by atoms with van der Waals surface area (Å²) in [7, 11) is 1.32. The Morgan fingerprint density at radius 2 is 1.85 bits per heavy atom. The first-order chi connectivity index (χ1) is 12.6. The highest BCUT2D eigenvalue weighted by Crippen LogP contribution is 2.37. The number of esters is 2. The fraction of sp³-hybridized carbons (Fsp3) is 0.619. The predicted octanol–water partition coefficient (Wildman–Crippen LogP) is 2.53. The van der Waals surface area contributed by atoms with E-state index in [9.17, 15) is 14.7 Å². The number of likely N-dealkylation sites (tertiary alicyclic amines) is 1. The summed E-state index contributed by atoms with van der Waals surface area (Å²) in [6, 6.07) is 9.01. The van der Waals surface area contributed by atoms with E-state index in [2.05, 4.69) is 0 Å². The molecule has 0 unspecified atom stereocenters. The molecule has 0 bridgehead atoms. The summed E-state index contributed by atoms with van der Waals surface area (Å²) in [5, 5.41) is 10.6. The zero-order valence-electron chi connectivity index (χ0n) is 16.8. The summed E-state index contributed by atoms with van der Waals surface area (Å²) in [5.41, 5.74) is -0.241. The maximum atomic E-state index is 12.7. The average molecular weight is 377 g/mol. The summed E-state index contributed by atoms with van der Waals surface area (Å²) >= 11 is 0. The molecule has 0 saturated carbocycles. The SMILES string of the molecule is COC(=O)[C@@H]([C@H]1CC[C@@H](C(=O)OC(C)C)N1Cc1ccccc1)C(C)(C)O. The lowest BCUT2D eigenvalue weighted by atomic mass is 9.83. The van der Waals surface area contributed by atoms with E-state index in [0.29, 0.717) is 19.4 Å². The van der Waals surface area contributed by atoms with Crippen LogP contribution in [-0.2, 0) is 25.6 Å². The zero-order chi connectivity index (χ0) is 20.2. The maximum absolute atomic E-state index is 12.7. The third kappa shape index (κ3) is 5.30. The number of hydrogen-bond acceptors (Lipinski definition) is 6. The molecule has 27 heavy (non-hydrogen) atoms. The predicted molar refractivity (Wildman–Crippen MR) is 102 cm³/mol. The van der Waals surface area contributed by atoms with Gasteiger partial charge in [0.1, 0.15) is 12.0 Å². The Labute approximate surface area is 161 Å². The molecule has 150 valence electrons. The third-order valence-electron chi connectivity index (χ3n) is 5.00. The number of benzene rings is 1. The largest absolute Gasteiger partial charge is 0.469 e. The van der Waals surface area contributed by atoms with Gasteiger partial charge in [0.05, 0.1) is 18.8 Å². The molecule has 0 spiro atoms. The molecule has 1 fully saturated rings. The first-order valence-electron chi connectivity index (χ1n) is 9.45. The number of methoxy groups -OCH3 is 1. The molecule has 1 aromatic carbocycles. The monoisotopic (exact) mass is 377 g/mol. The van der Waals surface area contributed by atoms with Crippen LogP contribution in [0.5, 0.6) is 0 Å². The Balaban J connectivity index is 2.36. The molecular weight excluding hydrogens is 346 g/mol. The van der Waals surface area contributed by atoms with Gasteiger partial charge >= 0.3 is 11.9 Å². The van der Waals surface area contributed by atoms with Gasteiger partial charge in [-0.25, -0.2) is 0 Å². The molecule has 1 saturated heterocycles. The second-order valence-electron chi connectivity index (χ2n) is 7.96. The zero-order valence-corrected chi connectivity index (χ0v) is 16.8. The number of nitrogens with zero attached hydrogens (tertiary/aromatic N) is 1. The van der Waals surface area contributed by atoms with Crippen LogP contribution < -0.4 is 0 Å². The van der Waals surface area contributed by atoms with E-state index in [1.807, 2.05) is 49.1 Å². The van der Waals surface area contributed by atoms with Gasteiger partial charge in [-0.3, -0.25) is 14.5 Å². The van der Waals surface area contributed by atoms with Gasteiger partial charge in [0.25, 0.3) is 0 Å². The smallest absolute Gasteiger partial charge is 0.323 e. The van der Waals surface area contributed by atoms with Crippen molar-refractivity contribution in [1.82, 2.24) is 4.90 Å². The minimum Gasteiger partial charge on any atom is -0.469 e. The molecule has 0 radical (unpaired) electrons. The van der Waals surface area contributed by atoms with E-state index in [0.717, 1.165) is 5.56 Å². The summed E-state index contributed by atoms with van der Waals surface area (Å²) in [6.07, 6.45) is 0.974. The number of hydrogen-bond donors (Lipinski definition) is 1. The van der Waals surface area contributed by atoms with Gasteiger partial charge in [-0.1, -0.05) is 30.3 Å². The minimum atomic E-state index is -1.27. The van der Waals surface area contributed by atoms with Crippen LogP contribution in [-0.4, -0.2) is 52.8 Å². The fourth-order valence-corrected chi connectivity index (χ4v) is 3.88. The van der Waals surface area contributed by atoms with E-state index < -0.39 is 23.5 Å². The Kier molecular flexibility index (Phi) is 7.00. The third-order valence-corrected chi connectivity index (χ3v) is 5.00. The van der Waals surface area contributed by atoms with Crippen molar-refractivity contribution in [3.8, 4) is 0 Å². The van der Waals surface area contributed by atoms with Crippen LogP contribution in [0, 0.1) is 5.92 Å². The first kappa shape index (κ1) is 21.4. The van der Waals surface area contributed by atoms with Crippen molar-refractivity contribution in [2.24, 2.45) is 5.92 Å². The number of carbonyl (C=O) groups is 2.